The zero-order chi connectivity index (χ0) is 29.5. The Morgan fingerprint density at radius 3 is 2.15 bits per heavy atom. The topological polar surface area (TPSA) is 62.3 Å². The van der Waals surface area contributed by atoms with Crippen LogP contribution in [0.3, 0.4) is 0 Å². The van der Waals surface area contributed by atoms with Crippen molar-refractivity contribution < 1.29 is 35.9 Å². The van der Waals surface area contributed by atoms with E-state index >= 15 is 0 Å². The Hall–Kier alpha value is -3.86. The molecule has 0 fully saturated rings. The Balaban J connectivity index is 1.85. The summed E-state index contributed by atoms with van der Waals surface area (Å²) >= 11 is 5.92. The molecule has 0 aliphatic carbocycles. The molecule has 1 heterocycles. The number of pyridine rings is 1. The number of halogens is 7. The first-order valence-corrected chi connectivity index (χ1v) is 12.3. The zero-order valence-corrected chi connectivity index (χ0v) is 21.8. The Labute approximate surface area is 231 Å². The van der Waals surface area contributed by atoms with E-state index in [1.54, 1.807) is 48.7 Å². The molecule has 2 aromatic carbocycles. The summed E-state index contributed by atoms with van der Waals surface area (Å²) in [6.45, 7) is 0.265. The van der Waals surface area contributed by atoms with Gasteiger partial charge in [-0.3, -0.25) is 14.6 Å². The van der Waals surface area contributed by atoms with Crippen LogP contribution in [-0.2, 0) is 30.0 Å². The fourth-order valence-corrected chi connectivity index (χ4v) is 3.87. The summed E-state index contributed by atoms with van der Waals surface area (Å²) in [5.41, 5.74) is -2.57. The summed E-state index contributed by atoms with van der Waals surface area (Å²) in [6.07, 6.45) is -5.51. The van der Waals surface area contributed by atoms with Gasteiger partial charge < -0.3 is 10.2 Å². The maximum atomic E-state index is 13.3. The fraction of sp³-hybridized carbons (Fsp3) is 0.250. The lowest BCUT2D eigenvalue weighted by Crippen LogP contribution is -2.38. The molecule has 1 aromatic heterocycles. The van der Waals surface area contributed by atoms with E-state index in [9.17, 15) is 35.9 Å². The largest absolute Gasteiger partial charge is 0.416 e. The predicted molar refractivity (Wildman–Crippen MR) is 138 cm³/mol. The standard InChI is InChI=1S/C28H24ClF6N3O2/c1-38(26(40)19-15-20(27(30,31)32)17-21(16-19)28(33,34)35)24(14-18-5-7-22(29)8-6-18)9-10-25(39)37-13-11-23-4-2-3-12-36-23/h2-10,12,15-17,24H,11,13-14H2,1H3,(H,37,39)/t24-/m1/s1. The zero-order valence-electron chi connectivity index (χ0n) is 21.1. The van der Waals surface area contributed by atoms with Crippen molar-refractivity contribution >= 4 is 23.4 Å². The number of aromatic nitrogens is 1. The van der Waals surface area contributed by atoms with Gasteiger partial charge in [0.1, 0.15) is 0 Å². The van der Waals surface area contributed by atoms with E-state index in [0.29, 0.717) is 29.1 Å². The molecule has 0 aliphatic rings. The molecule has 1 atom stereocenters. The molecule has 0 spiro atoms. The molecule has 0 unspecified atom stereocenters. The van der Waals surface area contributed by atoms with Crippen molar-refractivity contribution in [3.63, 3.8) is 0 Å². The third-order valence-corrected chi connectivity index (χ3v) is 6.14. The highest BCUT2D eigenvalue weighted by molar-refractivity contribution is 6.30. The molecule has 5 nitrogen and oxygen atoms in total. The number of nitrogens with zero attached hydrogens (tertiary/aromatic N) is 2. The summed E-state index contributed by atoms with van der Waals surface area (Å²) in [5.74, 6) is -1.59. The van der Waals surface area contributed by atoms with Gasteiger partial charge in [-0.15, -0.1) is 0 Å². The molecule has 0 saturated carbocycles. The van der Waals surface area contributed by atoms with Gasteiger partial charge in [-0.25, -0.2) is 0 Å². The maximum absolute atomic E-state index is 13.3. The second-order valence-corrected chi connectivity index (χ2v) is 9.27. The molecule has 3 aromatic rings. The Kier molecular flexibility index (Phi) is 9.97. The highest BCUT2D eigenvalue weighted by Crippen LogP contribution is 2.36. The van der Waals surface area contributed by atoms with Crippen LogP contribution in [0.2, 0.25) is 5.02 Å². The van der Waals surface area contributed by atoms with Gasteiger partial charge in [0, 0.05) is 48.6 Å². The number of rotatable bonds is 9. The van der Waals surface area contributed by atoms with Gasteiger partial charge in [-0.1, -0.05) is 35.9 Å². The van der Waals surface area contributed by atoms with Crippen molar-refractivity contribution in [2.45, 2.75) is 31.2 Å². The van der Waals surface area contributed by atoms with E-state index in [1.807, 2.05) is 0 Å². The smallest absolute Gasteiger partial charge is 0.352 e. The van der Waals surface area contributed by atoms with Gasteiger partial charge >= 0.3 is 12.4 Å². The molecule has 12 heteroatoms. The predicted octanol–water partition coefficient (Wildman–Crippen LogP) is 6.37. The number of likely N-dealkylation sites (N-methyl/N-ethyl adjacent to an activating group) is 1. The molecular weight excluding hydrogens is 560 g/mol. The van der Waals surface area contributed by atoms with E-state index in [0.717, 1.165) is 16.7 Å². The minimum Gasteiger partial charge on any atom is -0.352 e. The maximum Gasteiger partial charge on any atom is 0.416 e. The van der Waals surface area contributed by atoms with Crippen LogP contribution in [0.4, 0.5) is 26.3 Å². The third-order valence-electron chi connectivity index (χ3n) is 5.89. The minimum atomic E-state index is -5.11. The number of benzene rings is 2. The normalized spacial score (nSPS) is 12.8. The first-order chi connectivity index (χ1) is 18.7. The first kappa shape index (κ1) is 30.7. The minimum absolute atomic E-state index is 0.0445. The molecule has 0 radical (unpaired) electrons. The summed E-state index contributed by atoms with van der Waals surface area (Å²) in [7, 11) is 1.24. The van der Waals surface area contributed by atoms with Crippen LogP contribution in [0.15, 0.2) is 79.0 Å². The van der Waals surface area contributed by atoms with E-state index in [-0.39, 0.29) is 19.0 Å². The third kappa shape index (κ3) is 8.84. The molecule has 2 amide bonds. The van der Waals surface area contributed by atoms with E-state index in [2.05, 4.69) is 10.3 Å². The fourth-order valence-electron chi connectivity index (χ4n) is 3.75. The summed E-state index contributed by atoms with van der Waals surface area (Å²) in [4.78, 5) is 30.8. The average Bonchev–Trinajstić information content (AvgIpc) is 2.90. The molecule has 212 valence electrons. The van der Waals surface area contributed by atoms with Gasteiger partial charge in [0.15, 0.2) is 0 Å². The van der Waals surface area contributed by atoms with Crippen LogP contribution in [0.5, 0.6) is 0 Å². The highest BCUT2D eigenvalue weighted by atomic mass is 35.5. The number of carbonyl (C=O) groups is 2. The van der Waals surface area contributed by atoms with Gasteiger partial charge in [0.25, 0.3) is 5.91 Å². The van der Waals surface area contributed by atoms with Crippen molar-refractivity contribution in [2.75, 3.05) is 13.6 Å². The number of hydrogen-bond acceptors (Lipinski definition) is 3. The van der Waals surface area contributed by atoms with Crippen LogP contribution in [-0.4, -0.2) is 41.3 Å². The Morgan fingerprint density at radius 2 is 1.60 bits per heavy atom. The lowest BCUT2D eigenvalue weighted by Gasteiger charge is -2.27. The Morgan fingerprint density at radius 1 is 0.975 bits per heavy atom. The summed E-state index contributed by atoms with van der Waals surface area (Å²) < 4.78 is 80.0. The monoisotopic (exact) mass is 583 g/mol. The van der Waals surface area contributed by atoms with E-state index in [1.165, 1.54) is 13.1 Å². The number of carbonyl (C=O) groups excluding carboxylic acids is 2. The molecule has 0 saturated heterocycles. The Bertz CT molecular complexity index is 1310. The van der Waals surface area contributed by atoms with Crippen molar-refractivity contribution in [3.05, 3.63) is 112 Å². The van der Waals surface area contributed by atoms with Crippen molar-refractivity contribution in [3.8, 4) is 0 Å². The van der Waals surface area contributed by atoms with Gasteiger partial charge in [0.2, 0.25) is 5.91 Å². The molecule has 40 heavy (non-hydrogen) atoms. The average molecular weight is 584 g/mol. The summed E-state index contributed by atoms with van der Waals surface area (Å²) in [6, 6.07) is 11.6. The lowest BCUT2D eigenvalue weighted by atomic mass is 10.0. The highest BCUT2D eigenvalue weighted by Gasteiger charge is 2.38. The first-order valence-electron chi connectivity index (χ1n) is 11.9. The van der Waals surface area contributed by atoms with Gasteiger partial charge in [0.05, 0.1) is 17.2 Å². The second-order valence-electron chi connectivity index (χ2n) is 8.83. The molecule has 1 N–H and O–H groups in total. The molecular formula is C28H24ClF6N3O2. The quantitative estimate of drug-likeness (QED) is 0.235. The summed E-state index contributed by atoms with van der Waals surface area (Å²) in [5, 5.41) is 3.11. The van der Waals surface area contributed by atoms with Crippen LogP contribution < -0.4 is 5.32 Å². The van der Waals surface area contributed by atoms with E-state index < -0.39 is 46.9 Å². The van der Waals surface area contributed by atoms with E-state index in [4.69, 9.17) is 11.6 Å². The van der Waals surface area contributed by atoms with Crippen LogP contribution in [0.25, 0.3) is 0 Å². The van der Waals surface area contributed by atoms with Crippen molar-refractivity contribution in [1.82, 2.24) is 15.2 Å². The van der Waals surface area contributed by atoms with Gasteiger partial charge in [-0.2, -0.15) is 26.3 Å². The molecule has 0 aliphatic heterocycles. The lowest BCUT2D eigenvalue weighted by molar-refractivity contribution is -0.143. The number of amides is 2. The molecule has 3 rings (SSSR count). The number of hydrogen-bond donors (Lipinski definition) is 1. The van der Waals surface area contributed by atoms with Crippen LogP contribution in [0, 0.1) is 0 Å². The van der Waals surface area contributed by atoms with Crippen LogP contribution >= 0.6 is 11.6 Å². The van der Waals surface area contributed by atoms with Gasteiger partial charge in [-0.05, 0) is 54.4 Å². The second kappa shape index (κ2) is 13.0. The van der Waals surface area contributed by atoms with Crippen LogP contribution in [0.1, 0.15) is 32.7 Å². The number of alkyl halides is 6. The molecule has 0 bridgehead atoms. The van der Waals surface area contributed by atoms with Crippen molar-refractivity contribution in [2.24, 2.45) is 0 Å². The van der Waals surface area contributed by atoms with Crippen molar-refractivity contribution in [1.29, 1.82) is 0 Å². The SMILES string of the molecule is CN(C(=O)c1cc(C(F)(F)F)cc(C(F)(F)F)c1)[C@H](C=CC(=O)NCCc1ccccn1)Cc1ccc(Cl)cc1. The number of nitrogens with one attached hydrogen (secondary N) is 1.